The molecule has 1 aromatic carbocycles. The summed E-state index contributed by atoms with van der Waals surface area (Å²) in [7, 11) is 0. The Morgan fingerprint density at radius 2 is 1.35 bits per heavy atom. The number of amides is 1. The molecular formula is C23H27NO7. The normalized spacial score (nSPS) is 23.8. The van der Waals surface area contributed by atoms with Gasteiger partial charge in [-0.1, -0.05) is 12.2 Å². The predicted molar refractivity (Wildman–Crippen MR) is 112 cm³/mol. The molecule has 1 fully saturated rings. The number of allylic oxidation sites excluding steroid dienone is 2. The zero-order chi connectivity index (χ0) is 22.9. The fourth-order valence-electron chi connectivity index (χ4n) is 4.24. The summed E-state index contributed by atoms with van der Waals surface area (Å²) in [5, 5.41) is 12.3. The fraction of sp³-hybridized carbons (Fsp3) is 0.478. The number of ether oxygens (including phenoxy) is 2. The Balaban J connectivity index is 1.89. The maximum absolute atomic E-state index is 13.0. The van der Waals surface area contributed by atoms with Crippen LogP contribution in [-0.2, 0) is 19.1 Å². The Bertz CT molecular complexity index is 894. The summed E-state index contributed by atoms with van der Waals surface area (Å²) in [6, 6.07) is 4.17. The lowest BCUT2D eigenvalue weighted by atomic mass is 9.82. The van der Waals surface area contributed by atoms with Crippen molar-refractivity contribution in [1.82, 2.24) is 0 Å². The maximum atomic E-state index is 13.0. The van der Waals surface area contributed by atoms with Crippen LogP contribution in [0.1, 0.15) is 54.8 Å². The van der Waals surface area contributed by atoms with Crippen LogP contribution in [0.2, 0.25) is 0 Å². The van der Waals surface area contributed by atoms with Crippen molar-refractivity contribution in [3.05, 3.63) is 41.5 Å². The van der Waals surface area contributed by atoms with E-state index < -0.39 is 35.7 Å². The molecule has 2 aliphatic carbocycles. The number of carbonyl (C=O) groups excluding carboxylic acids is 3. The van der Waals surface area contributed by atoms with Crippen LogP contribution in [0.4, 0.5) is 5.69 Å². The van der Waals surface area contributed by atoms with Crippen LogP contribution in [0.15, 0.2) is 30.4 Å². The van der Waals surface area contributed by atoms with Crippen molar-refractivity contribution in [3.63, 3.8) is 0 Å². The molecule has 166 valence electrons. The molecule has 0 unspecified atom stereocenters. The number of aliphatic carboxylic acids is 1. The van der Waals surface area contributed by atoms with E-state index in [0.717, 1.165) is 0 Å². The van der Waals surface area contributed by atoms with Crippen LogP contribution in [0.3, 0.4) is 0 Å². The number of carboxylic acids is 1. The highest BCUT2D eigenvalue weighted by Gasteiger charge is 2.51. The van der Waals surface area contributed by atoms with Gasteiger partial charge in [-0.05, 0) is 64.2 Å². The number of benzene rings is 1. The third-order valence-electron chi connectivity index (χ3n) is 5.40. The Morgan fingerprint density at radius 3 is 1.81 bits per heavy atom. The molecule has 0 spiro atoms. The van der Waals surface area contributed by atoms with Crippen molar-refractivity contribution in [1.29, 1.82) is 0 Å². The summed E-state index contributed by atoms with van der Waals surface area (Å²) in [6.45, 7) is 6.80. The van der Waals surface area contributed by atoms with Crippen molar-refractivity contribution in [2.45, 2.75) is 46.3 Å². The number of esters is 2. The van der Waals surface area contributed by atoms with Gasteiger partial charge in [0, 0.05) is 5.69 Å². The van der Waals surface area contributed by atoms with E-state index in [-0.39, 0.29) is 40.9 Å². The Labute approximate surface area is 180 Å². The average molecular weight is 429 g/mol. The van der Waals surface area contributed by atoms with Gasteiger partial charge in [0.15, 0.2) is 0 Å². The predicted octanol–water partition coefficient (Wildman–Crippen LogP) is 3.28. The summed E-state index contributed by atoms with van der Waals surface area (Å²) < 4.78 is 10.4. The van der Waals surface area contributed by atoms with E-state index in [4.69, 9.17) is 9.47 Å². The molecule has 2 bridgehead atoms. The summed E-state index contributed by atoms with van der Waals surface area (Å²) in [6.07, 6.45) is 3.64. The molecule has 0 saturated heterocycles. The standard InChI is InChI=1S/C23H27NO7/c1-11(2)30-22(28)15-8-16(23(29)31-12(3)4)10-17(9-15)24-20(25)18-13-5-6-14(7-13)19(18)21(26)27/h5-6,8-14,18-19H,7H2,1-4H3,(H,24,25)(H,26,27)/t13-,14+,18-,19+/m1/s1. The Kier molecular flexibility index (Phi) is 6.48. The van der Waals surface area contributed by atoms with Crippen LogP contribution >= 0.6 is 0 Å². The zero-order valence-electron chi connectivity index (χ0n) is 18.0. The Hall–Kier alpha value is -3.16. The van der Waals surface area contributed by atoms with Gasteiger partial charge in [0.05, 0.1) is 35.2 Å². The van der Waals surface area contributed by atoms with Gasteiger partial charge in [-0.15, -0.1) is 0 Å². The minimum absolute atomic E-state index is 0.0878. The lowest BCUT2D eigenvalue weighted by Crippen LogP contribution is -2.36. The molecule has 0 heterocycles. The van der Waals surface area contributed by atoms with Gasteiger partial charge in [-0.3, -0.25) is 9.59 Å². The molecule has 1 amide bonds. The first-order valence-corrected chi connectivity index (χ1v) is 10.4. The van der Waals surface area contributed by atoms with Crippen LogP contribution in [0, 0.1) is 23.7 Å². The smallest absolute Gasteiger partial charge is 0.338 e. The molecule has 0 radical (unpaired) electrons. The monoisotopic (exact) mass is 429 g/mol. The lowest BCUT2D eigenvalue weighted by Gasteiger charge is -2.24. The first-order chi connectivity index (χ1) is 14.6. The molecule has 8 heteroatoms. The van der Waals surface area contributed by atoms with Gasteiger partial charge in [0.1, 0.15) is 0 Å². The largest absolute Gasteiger partial charge is 0.481 e. The SMILES string of the molecule is CC(C)OC(=O)c1cc(NC(=O)[C@H]2[C@@H](C(=O)O)[C@H]3C=C[C@@H]2C3)cc(C(=O)OC(C)C)c1. The molecule has 4 atom stereocenters. The third-order valence-corrected chi connectivity index (χ3v) is 5.40. The van der Waals surface area contributed by atoms with E-state index in [1.165, 1.54) is 18.2 Å². The van der Waals surface area contributed by atoms with E-state index >= 15 is 0 Å². The third kappa shape index (κ3) is 4.95. The molecule has 1 aromatic rings. The van der Waals surface area contributed by atoms with Gasteiger partial charge >= 0.3 is 17.9 Å². The summed E-state index contributed by atoms with van der Waals surface area (Å²) in [5.41, 5.74) is 0.379. The minimum atomic E-state index is -1.01. The second-order valence-electron chi connectivity index (χ2n) is 8.53. The number of rotatable bonds is 7. The maximum Gasteiger partial charge on any atom is 0.338 e. The molecule has 0 aromatic heterocycles. The average Bonchev–Trinajstić information content (AvgIpc) is 3.28. The van der Waals surface area contributed by atoms with Crippen molar-refractivity contribution in [2.24, 2.45) is 23.7 Å². The molecule has 1 saturated carbocycles. The highest BCUT2D eigenvalue weighted by Crippen LogP contribution is 2.48. The summed E-state index contributed by atoms with van der Waals surface area (Å²) >= 11 is 0. The number of carbonyl (C=O) groups is 4. The number of nitrogens with one attached hydrogen (secondary N) is 1. The first kappa shape index (κ1) is 22.5. The zero-order valence-corrected chi connectivity index (χ0v) is 18.0. The highest BCUT2D eigenvalue weighted by atomic mass is 16.5. The number of fused-ring (bicyclic) bond motifs is 2. The number of anilines is 1. The molecule has 3 rings (SSSR count). The topological polar surface area (TPSA) is 119 Å². The minimum Gasteiger partial charge on any atom is -0.481 e. The number of carboxylic acid groups (broad SMARTS) is 1. The molecule has 31 heavy (non-hydrogen) atoms. The van der Waals surface area contributed by atoms with Crippen molar-refractivity contribution >= 4 is 29.5 Å². The van der Waals surface area contributed by atoms with Crippen LogP contribution in [-0.4, -0.2) is 41.1 Å². The van der Waals surface area contributed by atoms with E-state index in [0.29, 0.717) is 6.42 Å². The van der Waals surface area contributed by atoms with Gasteiger partial charge in [0.25, 0.3) is 0 Å². The van der Waals surface area contributed by atoms with Crippen molar-refractivity contribution in [2.75, 3.05) is 5.32 Å². The van der Waals surface area contributed by atoms with Gasteiger partial charge in [0.2, 0.25) is 5.91 Å². The van der Waals surface area contributed by atoms with E-state index in [2.05, 4.69) is 5.32 Å². The molecule has 2 aliphatic rings. The first-order valence-electron chi connectivity index (χ1n) is 10.4. The molecular weight excluding hydrogens is 402 g/mol. The fourth-order valence-corrected chi connectivity index (χ4v) is 4.24. The van der Waals surface area contributed by atoms with Gasteiger partial charge < -0.3 is 19.9 Å². The van der Waals surface area contributed by atoms with Crippen molar-refractivity contribution in [3.8, 4) is 0 Å². The van der Waals surface area contributed by atoms with Crippen LogP contribution in [0.25, 0.3) is 0 Å². The van der Waals surface area contributed by atoms with E-state index in [1.807, 2.05) is 12.2 Å². The van der Waals surface area contributed by atoms with E-state index in [9.17, 15) is 24.3 Å². The highest BCUT2D eigenvalue weighted by molar-refractivity contribution is 6.01. The number of hydrogen-bond acceptors (Lipinski definition) is 6. The Morgan fingerprint density at radius 1 is 0.871 bits per heavy atom. The van der Waals surface area contributed by atoms with Gasteiger partial charge in [-0.2, -0.15) is 0 Å². The molecule has 0 aliphatic heterocycles. The van der Waals surface area contributed by atoms with E-state index in [1.54, 1.807) is 27.7 Å². The van der Waals surface area contributed by atoms with Crippen LogP contribution < -0.4 is 5.32 Å². The summed E-state index contributed by atoms with van der Waals surface area (Å²) in [4.78, 5) is 49.5. The summed E-state index contributed by atoms with van der Waals surface area (Å²) in [5.74, 6) is -4.58. The second-order valence-corrected chi connectivity index (χ2v) is 8.53. The second kappa shape index (κ2) is 8.91. The molecule has 8 nitrogen and oxygen atoms in total. The molecule has 2 N–H and O–H groups in total. The van der Waals surface area contributed by atoms with Crippen LogP contribution in [0.5, 0.6) is 0 Å². The lowest BCUT2D eigenvalue weighted by molar-refractivity contribution is -0.146. The van der Waals surface area contributed by atoms with Gasteiger partial charge in [-0.25, -0.2) is 9.59 Å². The van der Waals surface area contributed by atoms with Crippen molar-refractivity contribution < 1.29 is 33.8 Å². The number of hydrogen-bond donors (Lipinski definition) is 2. The quantitative estimate of drug-likeness (QED) is 0.504.